The van der Waals surface area contributed by atoms with Gasteiger partial charge in [-0.1, -0.05) is 66.2 Å². The first kappa shape index (κ1) is 13.9. The lowest BCUT2D eigenvalue weighted by Gasteiger charge is -2.13. The number of fused-ring (bicyclic) bond motifs is 2. The van der Waals surface area contributed by atoms with E-state index in [9.17, 15) is 10.2 Å². The highest BCUT2D eigenvalue weighted by Crippen LogP contribution is 2.42. The number of rotatable bonds is 1. The maximum absolute atomic E-state index is 10.2. The van der Waals surface area contributed by atoms with E-state index >= 15 is 0 Å². The normalized spacial score (nSPS) is 11.2. The monoisotopic (exact) mass is 320 g/mol. The van der Waals surface area contributed by atoms with Crippen LogP contribution in [0.15, 0.2) is 66.7 Å². The van der Waals surface area contributed by atoms with Crippen LogP contribution in [0.5, 0.6) is 11.5 Å². The topological polar surface area (TPSA) is 40.5 Å². The van der Waals surface area contributed by atoms with Gasteiger partial charge in [-0.05, 0) is 34.0 Å². The predicted molar refractivity (Wildman–Crippen MR) is 95.2 cm³/mol. The Balaban J connectivity index is 2.16. The Morgan fingerprint density at radius 2 is 1.17 bits per heavy atom. The number of phenolic OH excluding ortho intramolecular Hbond substituents is 2. The molecular formula is C20H13ClO2. The van der Waals surface area contributed by atoms with E-state index in [2.05, 4.69) is 0 Å². The van der Waals surface area contributed by atoms with E-state index in [1.807, 2.05) is 54.6 Å². The molecule has 2 nitrogen and oxygen atoms in total. The van der Waals surface area contributed by atoms with Gasteiger partial charge in [-0.15, -0.1) is 0 Å². The number of halogens is 1. The summed E-state index contributed by atoms with van der Waals surface area (Å²) in [4.78, 5) is 0. The molecule has 0 aliphatic carbocycles. The minimum Gasteiger partial charge on any atom is -0.507 e. The minimum atomic E-state index is 0.0918. The highest BCUT2D eigenvalue weighted by atomic mass is 35.5. The van der Waals surface area contributed by atoms with E-state index in [1.165, 1.54) is 0 Å². The van der Waals surface area contributed by atoms with Crippen LogP contribution in [0.2, 0.25) is 5.02 Å². The molecule has 0 unspecified atom stereocenters. The first-order valence-electron chi connectivity index (χ1n) is 7.28. The van der Waals surface area contributed by atoms with Gasteiger partial charge < -0.3 is 10.2 Å². The van der Waals surface area contributed by atoms with E-state index in [1.54, 1.807) is 12.1 Å². The number of hydrogen-bond acceptors (Lipinski definition) is 2. The average Bonchev–Trinajstić information content (AvgIpc) is 2.59. The summed E-state index contributed by atoms with van der Waals surface area (Å²) in [6.45, 7) is 0. The van der Waals surface area contributed by atoms with Crippen LogP contribution < -0.4 is 0 Å². The van der Waals surface area contributed by atoms with Crippen molar-refractivity contribution in [2.75, 3.05) is 0 Å². The van der Waals surface area contributed by atoms with Crippen molar-refractivity contribution < 1.29 is 10.2 Å². The molecule has 4 rings (SSSR count). The average molecular weight is 321 g/mol. The van der Waals surface area contributed by atoms with Crippen molar-refractivity contribution in [3.8, 4) is 22.6 Å². The lowest BCUT2D eigenvalue weighted by Crippen LogP contribution is -1.86. The van der Waals surface area contributed by atoms with Crippen molar-refractivity contribution in [2.24, 2.45) is 0 Å². The zero-order valence-corrected chi connectivity index (χ0v) is 12.9. The van der Waals surface area contributed by atoms with Crippen LogP contribution in [-0.2, 0) is 0 Å². The van der Waals surface area contributed by atoms with Crippen LogP contribution in [-0.4, -0.2) is 10.2 Å². The van der Waals surface area contributed by atoms with Crippen LogP contribution in [0.1, 0.15) is 0 Å². The van der Waals surface area contributed by atoms with Gasteiger partial charge in [-0.3, -0.25) is 0 Å². The van der Waals surface area contributed by atoms with Gasteiger partial charge in [0, 0.05) is 10.8 Å². The fourth-order valence-corrected chi connectivity index (χ4v) is 3.28. The van der Waals surface area contributed by atoms with Crippen molar-refractivity contribution in [3.05, 3.63) is 71.8 Å². The van der Waals surface area contributed by atoms with Crippen LogP contribution in [0, 0.1) is 0 Å². The Labute approximate surface area is 138 Å². The molecule has 0 saturated heterocycles. The number of hydrogen-bond donors (Lipinski definition) is 2. The Bertz CT molecular complexity index is 1050. The summed E-state index contributed by atoms with van der Waals surface area (Å²) in [5.74, 6) is 0.340. The molecule has 4 aromatic rings. The number of aromatic hydroxyl groups is 2. The summed E-state index contributed by atoms with van der Waals surface area (Å²) in [6, 6.07) is 20.7. The van der Waals surface area contributed by atoms with Crippen molar-refractivity contribution in [2.45, 2.75) is 0 Å². The van der Waals surface area contributed by atoms with E-state index in [-0.39, 0.29) is 11.5 Å². The minimum absolute atomic E-state index is 0.0918. The molecule has 0 fully saturated rings. The highest BCUT2D eigenvalue weighted by molar-refractivity contribution is 6.34. The third-order valence-electron chi connectivity index (χ3n) is 4.16. The summed E-state index contributed by atoms with van der Waals surface area (Å²) in [5, 5.41) is 24.0. The molecular weight excluding hydrogens is 308 g/mol. The fourth-order valence-electron chi connectivity index (χ4n) is 3.07. The lowest BCUT2D eigenvalue weighted by molar-refractivity contribution is 0.481. The maximum atomic E-state index is 10.2. The van der Waals surface area contributed by atoms with Crippen LogP contribution >= 0.6 is 11.6 Å². The summed E-state index contributed by atoms with van der Waals surface area (Å²) in [6.07, 6.45) is 0. The second-order valence-corrected chi connectivity index (χ2v) is 5.89. The van der Waals surface area contributed by atoms with E-state index < -0.39 is 0 Å². The molecule has 23 heavy (non-hydrogen) atoms. The molecule has 0 bridgehead atoms. The van der Waals surface area contributed by atoms with Crippen molar-refractivity contribution >= 4 is 33.1 Å². The Hall–Kier alpha value is -2.71. The van der Waals surface area contributed by atoms with Gasteiger partial charge in [-0.2, -0.15) is 0 Å². The molecule has 0 atom stereocenters. The predicted octanol–water partition coefficient (Wildman–Crippen LogP) is 5.72. The zero-order chi connectivity index (χ0) is 16.0. The molecule has 4 aromatic carbocycles. The van der Waals surface area contributed by atoms with Gasteiger partial charge >= 0.3 is 0 Å². The summed E-state index contributed by atoms with van der Waals surface area (Å²) in [7, 11) is 0. The fraction of sp³-hybridized carbons (Fsp3) is 0. The van der Waals surface area contributed by atoms with Gasteiger partial charge in [0.2, 0.25) is 0 Å². The van der Waals surface area contributed by atoms with Gasteiger partial charge in [-0.25, -0.2) is 0 Å². The van der Waals surface area contributed by atoms with Gasteiger partial charge in [0.25, 0.3) is 0 Å². The molecule has 0 aliphatic rings. The molecule has 0 heterocycles. The van der Waals surface area contributed by atoms with E-state index in [0.717, 1.165) is 27.3 Å². The summed E-state index contributed by atoms with van der Waals surface area (Å²) >= 11 is 6.23. The molecule has 112 valence electrons. The maximum Gasteiger partial charge on any atom is 0.142 e. The molecule has 0 spiro atoms. The molecule has 0 radical (unpaired) electrons. The first-order chi connectivity index (χ1) is 11.2. The molecule has 0 aromatic heterocycles. The second-order valence-electron chi connectivity index (χ2n) is 5.48. The lowest BCUT2D eigenvalue weighted by atomic mass is 9.93. The highest BCUT2D eigenvalue weighted by Gasteiger charge is 2.14. The molecule has 0 saturated carbocycles. The van der Waals surface area contributed by atoms with Crippen molar-refractivity contribution in [3.63, 3.8) is 0 Å². The van der Waals surface area contributed by atoms with Gasteiger partial charge in [0.1, 0.15) is 11.5 Å². The number of phenols is 2. The van der Waals surface area contributed by atoms with Crippen molar-refractivity contribution in [1.29, 1.82) is 0 Å². The smallest absolute Gasteiger partial charge is 0.142 e. The Kier molecular flexibility index (Phi) is 3.14. The Morgan fingerprint density at radius 1 is 0.609 bits per heavy atom. The third kappa shape index (κ3) is 2.11. The van der Waals surface area contributed by atoms with Crippen LogP contribution in [0.25, 0.3) is 32.7 Å². The standard InChI is InChI=1S/C20H13ClO2/c21-18-11-17(13-6-2-4-8-16(13)20(18)23)14-9-10-19(22)15-7-3-1-5-12(14)15/h1-11,22-23H. The van der Waals surface area contributed by atoms with E-state index in [4.69, 9.17) is 11.6 Å². The first-order valence-corrected chi connectivity index (χ1v) is 7.66. The van der Waals surface area contributed by atoms with Crippen molar-refractivity contribution in [1.82, 2.24) is 0 Å². The van der Waals surface area contributed by atoms with Crippen LogP contribution in [0.4, 0.5) is 0 Å². The van der Waals surface area contributed by atoms with Crippen LogP contribution in [0.3, 0.4) is 0 Å². The SMILES string of the molecule is Oc1ccc(-c2cc(Cl)c(O)c3ccccc23)c2ccccc12. The molecule has 2 N–H and O–H groups in total. The summed E-state index contributed by atoms with van der Waals surface area (Å²) < 4.78 is 0. The van der Waals surface area contributed by atoms with E-state index in [0.29, 0.717) is 10.4 Å². The Morgan fingerprint density at radius 3 is 1.87 bits per heavy atom. The third-order valence-corrected chi connectivity index (χ3v) is 4.45. The quantitative estimate of drug-likeness (QED) is 0.470. The van der Waals surface area contributed by atoms with Gasteiger partial charge in [0.15, 0.2) is 0 Å². The van der Waals surface area contributed by atoms with Gasteiger partial charge in [0.05, 0.1) is 5.02 Å². The number of benzene rings is 4. The molecule has 0 amide bonds. The molecule has 0 aliphatic heterocycles. The summed E-state index contributed by atoms with van der Waals surface area (Å²) in [5.41, 5.74) is 1.90. The zero-order valence-electron chi connectivity index (χ0n) is 12.1. The molecule has 3 heteroatoms. The largest absolute Gasteiger partial charge is 0.507 e. The second kappa shape index (κ2) is 5.18.